The Labute approximate surface area is 176 Å². The fraction of sp³-hybridized carbons (Fsp3) is 0.300. The lowest BCUT2D eigenvalue weighted by molar-refractivity contribution is -0.131. The van der Waals surface area contributed by atoms with Gasteiger partial charge in [-0.05, 0) is 50.6 Å². The maximum Gasteiger partial charge on any atom is 0.266 e. The number of amides is 2. The van der Waals surface area contributed by atoms with Crippen LogP contribution in [0.2, 0.25) is 5.02 Å². The zero-order valence-electron chi connectivity index (χ0n) is 16.4. The van der Waals surface area contributed by atoms with Gasteiger partial charge in [-0.25, -0.2) is 4.98 Å². The third kappa shape index (κ3) is 4.33. The van der Waals surface area contributed by atoms with Crippen LogP contribution in [0.3, 0.4) is 0 Å². The van der Waals surface area contributed by atoms with E-state index in [2.05, 4.69) is 10.3 Å². The largest absolute Gasteiger partial charge is 0.342 e. The Hall–Kier alpha value is -2.71. The minimum absolute atomic E-state index is 0.0783. The number of aryl methyl sites for hydroxylation is 1. The summed E-state index contributed by atoms with van der Waals surface area (Å²) in [5, 5.41) is 3.74. The molecule has 2 amide bonds. The van der Waals surface area contributed by atoms with Crippen molar-refractivity contribution >= 4 is 50.7 Å². The number of thiophene rings is 1. The van der Waals surface area contributed by atoms with Crippen LogP contribution >= 0.6 is 22.9 Å². The molecule has 0 aliphatic carbocycles. The van der Waals surface area contributed by atoms with Gasteiger partial charge in [-0.1, -0.05) is 11.6 Å². The number of rotatable bonds is 6. The van der Waals surface area contributed by atoms with Crippen molar-refractivity contribution in [3.63, 3.8) is 0 Å². The van der Waals surface area contributed by atoms with E-state index in [0.717, 1.165) is 11.3 Å². The van der Waals surface area contributed by atoms with Gasteiger partial charge in [0, 0.05) is 23.8 Å². The van der Waals surface area contributed by atoms with Crippen LogP contribution in [0.25, 0.3) is 10.2 Å². The first-order chi connectivity index (χ1) is 13.8. The summed E-state index contributed by atoms with van der Waals surface area (Å²) in [6.45, 7) is 6.57. The summed E-state index contributed by atoms with van der Waals surface area (Å²) in [6.07, 6.45) is 1.36. The van der Waals surface area contributed by atoms with Crippen LogP contribution in [0.15, 0.2) is 35.4 Å². The van der Waals surface area contributed by atoms with Crippen molar-refractivity contribution in [3.05, 3.63) is 56.4 Å². The molecule has 7 nitrogen and oxygen atoms in total. The van der Waals surface area contributed by atoms with Gasteiger partial charge in [-0.15, -0.1) is 11.3 Å². The highest BCUT2D eigenvalue weighted by molar-refractivity contribution is 7.20. The molecule has 3 rings (SSSR count). The molecule has 0 saturated carbocycles. The van der Waals surface area contributed by atoms with Crippen molar-refractivity contribution in [1.29, 1.82) is 0 Å². The second kappa shape index (κ2) is 8.75. The number of fused-ring (bicyclic) bond motifs is 1. The molecule has 0 saturated heterocycles. The van der Waals surface area contributed by atoms with E-state index in [9.17, 15) is 14.4 Å². The van der Waals surface area contributed by atoms with Gasteiger partial charge in [0.2, 0.25) is 5.91 Å². The SMILES string of the molecule is CCN(CC)C(=O)Cn1cnc2sc(C(=O)Nc3ccc(Cl)cc3)c(C)c2c1=O. The Balaban J connectivity index is 1.92. The highest BCUT2D eigenvalue weighted by atomic mass is 35.5. The highest BCUT2D eigenvalue weighted by Gasteiger charge is 2.21. The molecule has 2 heterocycles. The summed E-state index contributed by atoms with van der Waals surface area (Å²) >= 11 is 7.02. The molecule has 3 aromatic rings. The highest BCUT2D eigenvalue weighted by Crippen LogP contribution is 2.27. The molecule has 0 atom stereocenters. The van der Waals surface area contributed by atoms with Crippen molar-refractivity contribution in [1.82, 2.24) is 14.5 Å². The lowest BCUT2D eigenvalue weighted by Crippen LogP contribution is -2.36. The quantitative estimate of drug-likeness (QED) is 0.645. The number of nitrogens with zero attached hydrogens (tertiary/aromatic N) is 3. The Bertz CT molecular complexity index is 1120. The van der Waals surface area contributed by atoms with E-state index in [0.29, 0.717) is 44.5 Å². The average molecular weight is 433 g/mol. The normalized spacial score (nSPS) is 10.9. The van der Waals surface area contributed by atoms with Crippen molar-refractivity contribution in [2.24, 2.45) is 0 Å². The number of carbonyl (C=O) groups is 2. The van der Waals surface area contributed by atoms with Gasteiger partial charge in [-0.2, -0.15) is 0 Å². The second-order valence-electron chi connectivity index (χ2n) is 6.44. The Kier molecular flexibility index (Phi) is 6.34. The number of benzene rings is 1. The molecule has 2 aromatic heterocycles. The Morgan fingerprint density at radius 2 is 1.86 bits per heavy atom. The molecule has 1 aromatic carbocycles. The van der Waals surface area contributed by atoms with E-state index in [1.165, 1.54) is 10.9 Å². The third-order valence-electron chi connectivity index (χ3n) is 4.65. The molecule has 0 spiro atoms. The lowest BCUT2D eigenvalue weighted by Gasteiger charge is -2.18. The van der Waals surface area contributed by atoms with Crippen molar-refractivity contribution < 1.29 is 9.59 Å². The summed E-state index contributed by atoms with van der Waals surface area (Å²) in [6, 6.07) is 6.77. The summed E-state index contributed by atoms with van der Waals surface area (Å²) < 4.78 is 1.30. The molecule has 0 unspecified atom stereocenters. The average Bonchev–Trinajstić information content (AvgIpc) is 3.04. The van der Waals surface area contributed by atoms with Crippen LogP contribution in [-0.4, -0.2) is 39.4 Å². The van der Waals surface area contributed by atoms with Gasteiger partial charge < -0.3 is 10.2 Å². The van der Waals surface area contributed by atoms with Gasteiger partial charge in [0.15, 0.2) is 0 Å². The number of aromatic nitrogens is 2. The molecule has 29 heavy (non-hydrogen) atoms. The van der Waals surface area contributed by atoms with Crippen molar-refractivity contribution in [2.45, 2.75) is 27.3 Å². The van der Waals surface area contributed by atoms with Crippen LogP contribution in [0.1, 0.15) is 29.1 Å². The number of anilines is 1. The van der Waals surface area contributed by atoms with Gasteiger partial charge >= 0.3 is 0 Å². The number of likely N-dealkylation sites (N-methyl/N-ethyl adjacent to an activating group) is 1. The zero-order valence-corrected chi connectivity index (χ0v) is 17.9. The predicted octanol–water partition coefficient (Wildman–Crippen LogP) is 3.54. The van der Waals surface area contributed by atoms with Gasteiger partial charge in [0.1, 0.15) is 11.4 Å². The monoisotopic (exact) mass is 432 g/mol. The minimum Gasteiger partial charge on any atom is -0.342 e. The summed E-state index contributed by atoms with van der Waals surface area (Å²) in [4.78, 5) is 44.8. The molecule has 0 bridgehead atoms. The molecular weight excluding hydrogens is 412 g/mol. The fourth-order valence-electron chi connectivity index (χ4n) is 3.03. The van der Waals surface area contributed by atoms with Crippen LogP contribution in [0.5, 0.6) is 0 Å². The number of hydrogen-bond acceptors (Lipinski definition) is 5. The summed E-state index contributed by atoms with van der Waals surface area (Å²) in [5.41, 5.74) is 0.833. The molecule has 152 valence electrons. The van der Waals surface area contributed by atoms with E-state index in [1.807, 2.05) is 13.8 Å². The van der Waals surface area contributed by atoms with Gasteiger partial charge in [-0.3, -0.25) is 19.0 Å². The van der Waals surface area contributed by atoms with Gasteiger partial charge in [0.05, 0.1) is 16.6 Å². The van der Waals surface area contributed by atoms with Crippen LogP contribution < -0.4 is 10.9 Å². The number of carbonyl (C=O) groups excluding carboxylic acids is 2. The topological polar surface area (TPSA) is 84.3 Å². The number of hydrogen-bond donors (Lipinski definition) is 1. The van der Waals surface area contributed by atoms with Gasteiger partial charge in [0.25, 0.3) is 11.5 Å². The molecule has 0 aliphatic rings. The molecule has 0 fully saturated rings. The Morgan fingerprint density at radius 3 is 2.48 bits per heavy atom. The minimum atomic E-state index is -0.324. The summed E-state index contributed by atoms with van der Waals surface area (Å²) in [5.74, 6) is -0.468. The smallest absolute Gasteiger partial charge is 0.266 e. The lowest BCUT2D eigenvalue weighted by atomic mass is 10.2. The number of halogens is 1. The maximum atomic E-state index is 12.9. The van der Waals surface area contributed by atoms with Crippen molar-refractivity contribution in [3.8, 4) is 0 Å². The zero-order chi connectivity index (χ0) is 21.1. The maximum absolute atomic E-state index is 12.9. The standard InChI is InChI=1S/C20H21ClN4O3S/c1-4-24(5-2)15(26)10-25-11-22-19-16(20(25)28)12(3)17(29-19)18(27)23-14-8-6-13(21)7-9-14/h6-9,11H,4-5,10H2,1-3H3,(H,23,27). The van der Waals surface area contributed by atoms with E-state index < -0.39 is 0 Å². The van der Waals surface area contributed by atoms with E-state index >= 15 is 0 Å². The first-order valence-corrected chi connectivity index (χ1v) is 10.4. The van der Waals surface area contributed by atoms with E-state index in [1.54, 1.807) is 36.1 Å². The Morgan fingerprint density at radius 1 is 1.21 bits per heavy atom. The van der Waals surface area contributed by atoms with Crippen LogP contribution in [0.4, 0.5) is 5.69 Å². The molecular formula is C20H21ClN4O3S. The van der Waals surface area contributed by atoms with Crippen molar-refractivity contribution in [2.75, 3.05) is 18.4 Å². The first kappa shape index (κ1) is 21.0. The predicted molar refractivity (Wildman–Crippen MR) is 116 cm³/mol. The summed E-state index contributed by atoms with van der Waals surface area (Å²) in [7, 11) is 0. The second-order valence-corrected chi connectivity index (χ2v) is 7.88. The van der Waals surface area contributed by atoms with E-state index in [4.69, 9.17) is 11.6 Å². The first-order valence-electron chi connectivity index (χ1n) is 9.18. The molecule has 9 heteroatoms. The van der Waals surface area contributed by atoms with Crippen LogP contribution in [-0.2, 0) is 11.3 Å². The molecule has 0 radical (unpaired) electrons. The number of nitrogens with one attached hydrogen (secondary N) is 1. The van der Waals surface area contributed by atoms with Crippen LogP contribution in [0, 0.1) is 6.92 Å². The molecule has 1 N–H and O–H groups in total. The fourth-order valence-corrected chi connectivity index (χ4v) is 4.19. The third-order valence-corrected chi connectivity index (χ3v) is 6.10. The molecule has 0 aliphatic heterocycles. The van der Waals surface area contributed by atoms with E-state index in [-0.39, 0.29) is 23.9 Å².